The third-order valence-electron chi connectivity index (χ3n) is 8.43. The average molecular weight is 431 g/mol. The van der Waals surface area contributed by atoms with Gasteiger partial charge in [-0.2, -0.15) is 8.78 Å². The van der Waals surface area contributed by atoms with E-state index in [0.29, 0.717) is 5.92 Å². The van der Waals surface area contributed by atoms with Crippen molar-refractivity contribution >= 4 is 0 Å². The summed E-state index contributed by atoms with van der Waals surface area (Å²) >= 11 is 0. The molecule has 2 saturated carbocycles. The molecule has 3 aliphatic carbocycles. The van der Waals surface area contributed by atoms with Crippen molar-refractivity contribution in [2.24, 2.45) is 29.6 Å². The summed E-state index contributed by atoms with van der Waals surface area (Å²) in [5.41, 5.74) is 3.03. The molecule has 0 N–H and O–H groups in total. The van der Waals surface area contributed by atoms with Gasteiger partial charge >= 0.3 is 0 Å². The van der Waals surface area contributed by atoms with Crippen LogP contribution in [0.2, 0.25) is 0 Å². The fourth-order valence-electron chi connectivity index (χ4n) is 6.69. The third kappa shape index (κ3) is 6.11. The van der Waals surface area contributed by atoms with E-state index in [1.165, 1.54) is 75.0 Å². The topological polar surface area (TPSA) is 9.23 Å². The lowest BCUT2D eigenvalue weighted by Crippen LogP contribution is -2.34. The predicted octanol–water partition coefficient (Wildman–Crippen LogP) is 8.36. The van der Waals surface area contributed by atoms with Gasteiger partial charge in [-0.1, -0.05) is 32.3 Å². The molecule has 1 aromatic rings. The molecular formula is C28H40F2O. The minimum absolute atomic E-state index is 0.118. The van der Waals surface area contributed by atoms with Crippen molar-refractivity contribution in [3.05, 3.63) is 41.5 Å². The second-order valence-corrected chi connectivity index (χ2v) is 10.5. The number of aryl methyl sites for hydroxylation is 1. The summed E-state index contributed by atoms with van der Waals surface area (Å²) in [5.74, 6) is 4.25. The van der Waals surface area contributed by atoms with Gasteiger partial charge in [0.2, 0.25) is 0 Å². The first-order valence-corrected chi connectivity index (χ1v) is 12.9. The smallest absolute Gasteiger partial charge is 0.266 e. The van der Waals surface area contributed by atoms with Crippen LogP contribution in [0.25, 0.3) is 0 Å². The van der Waals surface area contributed by atoms with Gasteiger partial charge in [0, 0.05) is 0 Å². The molecule has 1 aromatic carbocycles. The molecule has 2 fully saturated rings. The van der Waals surface area contributed by atoms with Crippen molar-refractivity contribution in [3.8, 4) is 5.75 Å². The molecule has 0 spiro atoms. The van der Waals surface area contributed by atoms with Crippen molar-refractivity contribution < 1.29 is 13.5 Å². The normalized spacial score (nSPS) is 30.2. The average Bonchev–Trinajstić information content (AvgIpc) is 2.78. The lowest BCUT2D eigenvalue weighted by molar-refractivity contribution is 0.0802. The number of allylic oxidation sites excluding steroid dienone is 1. The highest BCUT2D eigenvalue weighted by atomic mass is 19.3. The van der Waals surface area contributed by atoms with Crippen LogP contribution in [0.15, 0.2) is 30.4 Å². The highest BCUT2D eigenvalue weighted by Gasteiger charge is 2.38. The third-order valence-corrected chi connectivity index (χ3v) is 8.43. The van der Waals surface area contributed by atoms with E-state index in [2.05, 4.69) is 25.1 Å². The van der Waals surface area contributed by atoms with Crippen molar-refractivity contribution in [2.75, 3.05) is 6.61 Å². The number of hydrogen-bond donors (Lipinski definition) is 0. The van der Waals surface area contributed by atoms with Crippen LogP contribution < -0.4 is 4.74 Å². The molecule has 1 nitrogen and oxygen atoms in total. The molecule has 0 amide bonds. The fraction of sp³-hybridized carbons (Fsp3) is 0.714. The maximum atomic E-state index is 12.7. The molecule has 3 aliphatic rings. The van der Waals surface area contributed by atoms with E-state index in [-0.39, 0.29) is 5.92 Å². The zero-order chi connectivity index (χ0) is 21.6. The van der Waals surface area contributed by atoms with Gasteiger partial charge in [0.1, 0.15) is 5.75 Å². The second kappa shape index (κ2) is 11.0. The predicted molar refractivity (Wildman–Crippen MR) is 124 cm³/mol. The highest BCUT2D eigenvalue weighted by Crippen LogP contribution is 2.48. The summed E-state index contributed by atoms with van der Waals surface area (Å²) in [6, 6.07) is 6.79. The summed E-state index contributed by atoms with van der Waals surface area (Å²) in [6.07, 6.45) is 15.4. The number of halogens is 2. The molecule has 0 heterocycles. The molecule has 0 saturated heterocycles. The molecule has 5 unspecified atom stereocenters. The lowest BCUT2D eigenvalue weighted by atomic mass is 9.61. The van der Waals surface area contributed by atoms with Gasteiger partial charge in [0.25, 0.3) is 6.08 Å². The molecule has 3 heteroatoms. The van der Waals surface area contributed by atoms with E-state index in [4.69, 9.17) is 4.74 Å². The molecule has 0 aliphatic heterocycles. The van der Waals surface area contributed by atoms with E-state index in [9.17, 15) is 8.78 Å². The van der Waals surface area contributed by atoms with Crippen LogP contribution in [-0.4, -0.2) is 6.61 Å². The zero-order valence-corrected chi connectivity index (χ0v) is 19.3. The summed E-state index contributed by atoms with van der Waals surface area (Å²) in [6.45, 7) is 3.07. The summed E-state index contributed by atoms with van der Waals surface area (Å²) in [5, 5.41) is 0. The SMILES string of the molecule is CCCCCCOc1ccc2c(c1)CCC(C1CCC3CC(C=C(F)F)CCC3C1)C2. The molecule has 4 rings (SSSR count). The first-order valence-electron chi connectivity index (χ1n) is 12.9. The minimum Gasteiger partial charge on any atom is -0.494 e. The van der Waals surface area contributed by atoms with Gasteiger partial charge in [0.05, 0.1) is 6.61 Å². The number of hydrogen-bond acceptors (Lipinski definition) is 1. The Morgan fingerprint density at radius 3 is 2.48 bits per heavy atom. The molecular weight excluding hydrogens is 390 g/mol. The Labute approximate surface area is 187 Å². The summed E-state index contributed by atoms with van der Waals surface area (Å²) in [7, 11) is 0. The van der Waals surface area contributed by atoms with Crippen LogP contribution in [0.1, 0.15) is 88.7 Å². The first-order chi connectivity index (χ1) is 15.1. The Balaban J connectivity index is 1.27. The van der Waals surface area contributed by atoms with Gasteiger partial charge in [-0.3, -0.25) is 0 Å². The van der Waals surface area contributed by atoms with Gasteiger partial charge in [-0.25, -0.2) is 0 Å². The highest BCUT2D eigenvalue weighted by molar-refractivity contribution is 5.37. The summed E-state index contributed by atoms with van der Waals surface area (Å²) < 4.78 is 31.3. The number of unbranched alkanes of at least 4 members (excludes halogenated alkanes) is 3. The maximum Gasteiger partial charge on any atom is 0.266 e. The van der Waals surface area contributed by atoms with Gasteiger partial charge in [-0.15, -0.1) is 0 Å². The monoisotopic (exact) mass is 430 g/mol. The Hall–Kier alpha value is -1.38. The van der Waals surface area contributed by atoms with Gasteiger partial charge in [-0.05, 0) is 123 Å². The van der Waals surface area contributed by atoms with Crippen LogP contribution in [-0.2, 0) is 12.8 Å². The van der Waals surface area contributed by atoms with E-state index in [1.54, 1.807) is 0 Å². The summed E-state index contributed by atoms with van der Waals surface area (Å²) in [4.78, 5) is 0. The number of rotatable bonds is 8. The lowest BCUT2D eigenvalue weighted by Gasteiger charge is -2.44. The van der Waals surface area contributed by atoms with Crippen molar-refractivity contribution in [2.45, 2.75) is 90.4 Å². The largest absolute Gasteiger partial charge is 0.494 e. The Bertz CT molecular complexity index is 739. The van der Waals surface area contributed by atoms with Crippen LogP contribution in [0.3, 0.4) is 0 Å². The molecule has 0 aromatic heterocycles. The van der Waals surface area contributed by atoms with Crippen LogP contribution in [0.4, 0.5) is 8.78 Å². The fourth-order valence-corrected chi connectivity index (χ4v) is 6.69. The molecule has 172 valence electrons. The van der Waals surface area contributed by atoms with Crippen molar-refractivity contribution in [1.29, 1.82) is 0 Å². The number of fused-ring (bicyclic) bond motifs is 2. The number of benzene rings is 1. The molecule has 0 radical (unpaired) electrons. The van der Waals surface area contributed by atoms with Crippen LogP contribution in [0.5, 0.6) is 5.75 Å². The Kier molecular flexibility index (Phi) is 8.07. The van der Waals surface area contributed by atoms with Crippen molar-refractivity contribution in [1.82, 2.24) is 0 Å². The van der Waals surface area contributed by atoms with E-state index >= 15 is 0 Å². The van der Waals surface area contributed by atoms with Crippen LogP contribution in [0, 0.1) is 29.6 Å². The Morgan fingerprint density at radius 2 is 1.68 bits per heavy atom. The van der Waals surface area contributed by atoms with E-state index in [1.807, 2.05) is 0 Å². The zero-order valence-electron chi connectivity index (χ0n) is 19.3. The molecule has 5 atom stereocenters. The van der Waals surface area contributed by atoms with Crippen LogP contribution >= 0.6 is 0 Å². The maximum absolute atomic E-state index is 12.7. The van der Waals surface area contributed by atoms with Crippen molar-refractivity contribution in [3.63, 3.8) is 0 Å². The van der Waals surface area contributed by atoms with Gasteiger partial charge < -0.3 is 4.74 Å². The van der Waals surface area contributed by atoms with E-state index in [0.717, 1.165) is 55.8 Å². The molecule has 31 heavy (non-hydrogen) atoms. The standard InChI is InChI=1S/C28H40F2O/c1-2-3-4-5-14-31-27-13-12-25-18-24(10-11-26(25)19-27)23-9-8-21-15-20(16-28(29)30)6-7-22(21)17-23/h12-13,16,19-24H,2-11,14-15,17-18H2,1H3. The first kappa shape index (κ1) is 22.8. The second-order valence-electron chi connectivity index (χ2n) is 10.5. The quantitative estimate of drug-likeness (QED) is 0.376. The number of ether oxygens (including phenoxy) is 1. The molecule has 0 bridgehead atoms. The minimum atomic E-state index is -1.48. The van der Waals surface area contributed by atoms with E-state index < -0.39 is 6.08 Å². The van der Waals surface area contributed by atoms with Gasteiger partial charge in [0.15, 0.2) is 0 Å². The Morgan fingerprint density at radius 1 is 0.903 bits per heavy atom.